The van der Waals surface area contributed by atoms with Gasteiger partial charge >= 0.3 is 5.97 Å². The van der Waals surface area contributed by atoms with Gasteiger partial charge in [-0.05, 0) is 53.6 Å². The summed E-state index contributed by atoms with van der Waals surface area (Å²) >= 11 is 0. The summed E-state index contributed by atoms with van der Waals surface area (Å²) in [6.07, 6.45) is 1.64. The third-order valence-electron chi connectivity index (χ3n) is 7.16. The first-order chi connectivity index (χ1) is 20.5. The van der Waals surface area contributed by atoms with Crippen molar-refractivity contribution in [1.82, 2.24) is 10.2 Å². The molecule has 4 aromatic carbocycles. The summed E-state index contributed by atoms with van der Waals surface area (Å²) in [4.78, 5) is 40.5. The standard InChI is InChI=1S/C35H36N2O5/c38-25-22-32(27-15-5-2-6-16-27)36-34(41)30-19-9-7-17-28(30)29-18-8-10-20-31(29)35(42)37(24-21-33(39)40)23-11-14-26-12-3-1-4-13-26/h1-10,12-13,15-20,32,38H,11,14,21-25H2,(H,36,41)(H,39,40). The molecule has 0 fully saturated rings. The highest BCUT2D eigenvalue weighted by Gasteiger charge is 2.23. The first-order valence-corrected chi connectivity index (χ1v) is 14.2. The zero-order valence-corrected chi connectivity index (χ0v) is 23.5. The van der Waals surface area contributed by atoms with Gasteiger partial charge in [0.15, 0.2) is 0 Å². The van der Waals surface area contributed by atoms with Crippen LogP contribution in [-0.4, -0.2) is 52.6 Å². The number of amides is 2. The van der Waals surface area contributed by atoms with Gasteiger partial charge in [0, 0.05) is 30.8 Å². The zero-order valence-electron chi connectivity index (χ0n) is 23.5. The van der Waals surface area contributed by atoms with E-state index in [1.54, 1.807) is 35.2 Å². The summed E-state index contributed by atoms with van der Waals surface area (Å²) in [7, 11) is 0. The van der Waals surface area contributed by atoms with Gasteiger partial charge in [-0.15, -0.1) is 0 Å². The van der Waals surface area contributed by atoms with Crippen LogP contribution >= 0.6 is 0 Å². The molecule has 216 valence electrons. The van der Waals surface area contributed by atoms with Crippen LogP contribution < -0.4 is 5.32 Å². The molecule has 0 aliphatic rings. The minimum Gasteiger partial charge on any atom is -0.481 e. The molecule has 1 atom stereocenters. The molecule has 3 N–H and O–H groups in total. The second kappa shape index (κ2) is 15.3. The highest BCUT2D eigenvalue weighted by atomic mass is 16.4. The molecule has 0 aromatic heterocycles. The van der Waals surface area contributed by atoms with E-state index >= 15 is 0 Å². The van der Waals surface area contributed by atoms with Crippen LogP contribution in [0.15, 0.2) is 109 Å². The second-order valence-corrected chi connectivity index (χ2v) is 10.1. The Hall–Kier alpha value is -4.75. The smallest absolute Gasteiger partial charge is 0.305 e. The maximum absolute atomic E-state index is 13.9. The van der Waals surface area contributed by atoms with Gasteiger partial charge in [0.2, 0.25) is 0 Å². The Morgan fingerprint density at radius 1 is 0.714 bits per heavy atom. The number of carboxylic acids is 1. The summed E-state index contributed by atoms with van der Waals surface area (Å²) in [5.74, 6) is -1.57. The average Bonchev–Trinajstić information content (AvgIpc) is 3.03. The van der Waals surface area contributed by atoms with Crippen LogP contribution in [0.1, 0.15) is 57.1 Å². The molecule has 7 nitrogen and oxygen atoms in total. The van der Waals surface area contributed by atoms with Crippen LogP contribution in [0.5, 0.6) is 0 Å². The number of aliphatic hydroxyl groups is 1. The third-order valence-corrected chi connectivity index (χ3v) is 7.16. The molecule has 0 saturated heterocycles. The Bertz CT molecular complexity index is 1470. The predicted molar refractivity (Wildman–Crippen MR) is 163 cm³/mol. The largest absolute Gasteiger partial charge is 0.481 e. The van der Waals surface area contributed by atoms with Crippen molar-refractivity contribution in [3.63, 3.8) is 0 Å². The summed E-state index contributed by atoms with van der Waals surface area (Å²) in [5, 5.41) is 22.0. The van der Waals surface area contributed by atoms with E-state index in [2.05, 4.69) is 5.32 Å². The number of carbonyl (C=O) groups excluding carboxylic acids is 2. The fraction of sp³-hybridized carbons (Fsp3) is 0.229. The van der Waals surface area contributed by atoms with Crippen molar-refractivity contribution in [3.05, 3.63) is 131 Å². The van der Waals surface area contributed by atoms with E-state index < -0.39 is 5.97 Å². The molecule has 2 amide bonds. The fourth-order valence-electron chi connectivity index (χ4n) is 5.03. The number of aryl methyl sites for hydroxylation is 1. The van der Waals surface area contributed by atoms with Gasteiger partial charge in [0.05, 0.1) is 12.5 Å². The van der Waals surface area contributed by atoms with Gasteiger partial charge in [-0.25, -0.2) is 0 Å². The van der Waals surface area contributed by atoms with E-state index in [-0.39, 0.29) is 37.4 Å². The molecule has 0 spiro atoms. The molecule has 7 heteroatoms. The van der Waals surface area contributed by atoms with E-state index in [0.717, 1.165) is 17.5 Å². The van der Waals surface area contributed by atoms with Crippen molar-refractivity contribution < 1.29 is 24.6 Å². The van der Waals surface area contributed by atoms with Crippen molar-refractivity contribution in [2.45, 2.75) is 31.7 Å². The lowest BCUT2D eigenvalue weighted by molar-refractivity contribution is -0.137. The number of benzene rings is 4. The Morgan fingerprint density at radius 2 is 1.29 bits per heavy atom. The minimum atomic E-state index is -0.970. The van der Waals surface area contributed by atoms with Crippen LogP contribution in [0.3, 0.4) is 0 Å². The topological polar surface area (TPSA) is 107 Å². The molecule has 0 saturated carbocycles. The lowest BCUT2D eigenvalue weighted by atomic mass is 9.93. The number of aliphatic hydroxyl groups excluding tert-OH is 1. The predicted octanol–water partition coefficient (Wildman–Crippen LogP) is 5.76. The van der Waals surface area contributed by atoms with E-state index in [1.165, 1.54) is 0 Å². The zero-order chi connectivity index (χ0) is 29.7. The Kier molecular flexibility index (Phi) is 11.0. The molecule has 0 aliphatic carbocycles. The van der Waals surface area contributed by atoms with Gasteiger partial charge in [0.25, 0.3) is 11.8 Å². The number of hydrogen-bond acceptors (Lipinski definition) is 4. The highest BCUT2D eigenvalue weighted by Crippen LogP contribution is 2.29. The number of carboxylic acid groups (broad SMARTS) is 1. The fourth-order valence-corrected chi connectivity index (χ4v) is 5.03. The molecule has 42 heavy (non-hydrogen) atoms. The average molecular weight is 565 g/mol. The van der Waals surface area contributed by atoms with Crippen LogP contribution in [0, 0.1) is 0 Å². The second-order valence-electron chi connectivity index (χ2n) is 10.1. The molecule has 0 heterocycles. The quantitative estimate of drug-likeness (QED) is 0.181. The molecule has 0 bridgehead atoms. The monoisotopic (exact) mass is 564 g/mol. The van der Waals surface area contributed by atoms with Crippen molar-refractivity contribution in [2.24, 2.45) is 0 Å². The summed E-state index contributed by atoms with van der Waals surface area (Å²) in [6, 6.07) is 33.3. The first kappa shape index (κ1) is 30.2. The lowest BCUT2D eigenvalue weighted by Crippen LogP contribution is -2.34. The van der Waals surface area contributed by atoms with Gasteiger partial charge in [0.1, 0.15) is 0 Å². The van der Waals surface area contributed by atoms with Crippen LogP contribution in [0.4, 0.5) is 0 Å². The molecule has 0 radical (unpaired) electrons. The Balaban J connectivity index is 1.61. The van der Waals surface area contributed by atoms with Crippen molar-refractivity contribution in [1.29, 1.82) is 0 Å². The molecular formula is C35H36N2O5. The normalized spacial score (nSPS) is 11.5. The summed E-state index contributed by atoms with van der Waals surface area (Å²) < 4.78 is 0. The van der Waals surface area contributed by atoms with Gasteiger partial charge in [-0.2, -0.15) is 0 Å². The maximum Gasteiger partial charge on any atom is 0.305 e. The summed E-state index contributed by atoms with van der Waals surface area (Å²) in [6.45, 7) is 0.395. The number of carbonyl (C=O) groups is 3. The number of rotatable bonds is 14. The van der Waals surface area contributed by atoms with E-state index in [0.29, 0.717) is 41.6 Å². The van der Waals surface area contributed by atoms with Crippen molar-refractivity contribution in [3.8, 4) is 11.1 Å². The van der Waals surface area contributed by atoms with Gasteiger partial charge in [-0.3, -0.25) is 14.4 Å². The number of nitrogens with one attached hydrogen (secondary N) is 1. The van der Waals surface area contributed by atoms with E-state index in [9.17, 15) is 24.6 Å². The Labute approximate surface area is 246 Å². The third kappa shape index (κ3) is 8.15. The first-order valence-electron chi connectivity index (χ1n) is 14.2. The molecule has 4 aromatic rings. The molecular weight excluding hydrogens is 528 g/mol. The maximum atomic E-state index is 13.9. The summed E-state index contributed by atoms with van der Waals surface area (Å²) in [5.41, 5.74) is 4.03. The van der Waals surface area contributed by atoms with Gasteiger partial charge in [-0.1, -0.05) is 97.1 Å². The van der Waals surface area contributed by atoms with Crippen molar-refractivity contribution in [2.75, 3.05) is 19.7 Å². The highest BCUT2D eigenvalue weighted by molar-refractivity contribution is 6.06. The van der Waals surface area contributed by atoms with E-state index in [1.807, 2.05) is 78.9 Å². The molecule has 0 aliphatic heterocycles. The molecule has 1 unspecified atom stereocenters. The molecule has 4 rings (SSSR count). The van der Waals surface area contributed by atoms with Gasteiger partial charge < -0.3 is 20.4 Å². The Morgan fingerprint density at radius 3 is 1.93 bits per heavy atom. The lowest BCUT2D eigenvalue weighted by Gasteiger charge is -2.24. The number of aliphatic carboxylic acids is 1. The van der Waals surface area contributed by atoms with Crippen molar-refractivity contribution >= 4 is 17.8 Å². The minimum absolute atomic E-state index is 0.0827. The van der Waals surface area contributed by atoms with Crippen LogP contribution in [0.25, 0.3) is 11.1 Å². The number of hydrogen-bond donors (Lipinski definition) is 3. The van der Waals surface area contributed by atoms with E-state index in [4.69, 9.17) is 0 Å². The van der Waals surface area contributed by atoms with Crippen LogP contribution in [-0.2, 0) is 11.2 Å². The SMILES string of the molecule is O=C(O)CCN(CCCc1ccccc1)C(=O)c1ccccc1-c1ccccc1C(=O)NC(CCO)c1ccccc1. The van der Waals surface area contributed by atoms with Crippen LogP contribution in [0.2, 0.25) is 0 Å². The number of nitrogens with zero attached hydrogens (tertiary/aromatic N) is 1.